The lowest BCUT2D eigenvalue weighted by molar-refractivity contribution is -0.231. The molecule has 0 heterocycles. The summed E-state index contributed by atoms with van der Waals surface area (Å²) in [7, 11) is 0. The quantitative estimate of drug-likeness (QED) is 0.162. The van der Waals surface area contributed by atoms with Crippen molar-refractivity contribution in [1.29, 1.82) is 0 Å². The third-order valence-electron chi connectivity index (χ3n) is 16.5. The Kier molecular flexibility index (Phi) is 7.39. The van der Waals surface area contributed by atoms with Crippen LogP contribution in [-0.4, -0.2) is 0 Å². The van der Waals surface area contributed by atoms with Crippen molar-refractivity contribution in [2.45, 2.75) is 57.3 Å². The van der Waals surface area contributed by atoms with Gasteiger partial charge in [0.2, 0.25) is 0 Å². The maximum atomic E-state index is 2.66. The predicted molar refractivity (Wildman–Crippen MR) is 255 cm³/mol. The van der Waals surface area contributed by atoms with E-state index in [9.17, 15) is 0 Å². The van der Waals surface area contributed by atoms with E-state index in [1.54, 1.807) is 11.1 Å². The van der Waals surface area contributed by atoms with Gasteiger partial charge in [-0.05, 0) is 145 Å². The molecule has 5 aliphatic rings. The molecule has 6 atom stereocenters. The minimum Gasteiger partial charge on any atom is -0.309 e. The van der Waals surface area contributed by atoms with E-state index in [1.807, 2.05) is 0 Å². The van der Waals surface area contributed by atoms with Gasteiger partial charge in [-0.15, -0.1) is 0 Å². The first-order valence-corrected chi connectivity index (χ1v) is 22.8. The van der Waals surface area contributed by atoms with Gasteiger partial charge in [0.1, 0.15) is 0 Å². The first kappa shape index (κ1) is 35.6. The Morgan fingerprint density at radius 1 is 0.475 bits per heavy atom. The molecule has 1 nitrogen and oxygen atoms in total. The molecule has 8 aromatic rings. The molecule has 0 amide bonds. The van der Waals surface area contributed by atoms with Crippen molar-refractivity contribution in [3.8, 4) is 44.5 Å². The van der Waals surface area contributed by atoms with Crippen LogP contribution in [0, 0.1) is 29.1 Å². The number of hydrogen-bond acceptors (Lipinski definition) is 1. The smallest absolute Gasteiger partial charge is 0.0540 e. The van der Waals surface area contributed by atoms with E-state index in [4.69, 9.17) is 0 Å². The van der Waals surface area contributed by atoms with Gasteiger partial charge in [0, 0.05) is 22.2 Å². The first-order valence-electron chi connectivity index (χ1n) is 22.8. The van der Waals surface area contributed by atoms with Crippen molar-refractivity contribution < 1.29 is 0 Å². The van der Waals surface area contributed by atoms with Crippen LogP contribution in [0.5, 0.6) is 0 Å². The number of benzene rings is 8. The van der Waals surface area contributed by atoms with Crippen molar-refractivity contribution in [3.63, 3.8) is 0 Å². The van der Waals surface area contributed by atoms with E-state index >= 15 is 0 Å². The van der Waals surface area contributed by atoms with Crippen LogP contribution in [0.3, 0.4) is 0 Å². The minimum atomic E-state index is 0.0808. The molecule has 4 fully saturated rings. The van der Waals surface area contributed by atoms with E-state index in [2.05, 4.69) is 208 Å². The highest BCUT2D eigenvalue weighted by molar-refractivity contribution is 6.09. The predicted octanol–water partition coefficient (Wildman–Crippen LogP) is 15.9. The SMILES string of the molecule is CC(C)(C)c1ccc(-c2ccccc2N(c2ccc3c(c2)C2(c4ccccc4-3)C3CC4CC5CC2C53C4)c2ccccc2-c2cccc3cccc(-c4ccccc4)c23)cc1. The summed E-state index contributed by atoms with van der Waals surface area (Å²) in [5.41, 5.74) is 19.3. The van der Waals surface area contributed by atoms with Gasteiger partial charge in [-0.25, -0.2) is 0 Å². The summed E-state index contributed by atoms with van der Waals surface area (Å²) in [5.74, 6) is 3.37. The fourth-order valence-electron chi connectivity index (χ4n) is 14.2. The highest BCUT2D eigenvalue weighted by Crippen LogP contribution is 2.89. The van der Waals surface area contributed by atoms with Crippen molar-refractivity contribution in [2.75, 3.05) is 4.90 Å². The number of fused-ring (bicyclic) bond motifs is 9. The van der Waals surface area contributed by atoms with E-state index in [0.29, 0.717) is 5.41 Å². The van der Waals surface area contributed by atoms with E-state index in [1.165, 1.54) is 104 Å². The van der Waals surface area contributed by atoms with Crippen LogP contribution < -0.4 is 4.90 Å². The average molecular weight is 786 g/mol. The van der Waals surface area contributed by atoms with Crippen LogP contribution in [0.2, 0.25) is 0 Å². The molecule has 2 bridgehead atoms. The molecule has 5 aliphatic carbocycles. The lowest BCUT2D eigenvalue weighted by atomic mass is 9.27. The monoisotopic (exact) mass is 785 g/mol. The largest absolute Gasteiger partial charge is 0.309 e. The third kappa shape index (κ3) is 4.73. The van der Waals surface area contributed by atoms with Crippen LogP contribution >= 0.6 is 0 Å². The second-order valence-corrected chi connectivity index (χ2v) is 20.1. The van der Waals surface area contributed by atoms with Gasteiger partial charge >= 0.3 is 0 Å². The molecule has 61 heavy (non-hydrogen) atoms. The number of hydrogen-bond donors (Lipinski definition) is 0. The highest BCUT2D eigenvalue weighted by Gasteiger charge is 2.84. The zero-order valence-electron chi connectivity index (χ0n) is 35.4. The Morgan fingerprint density at radius 2 is 1.08 bits per heavy atom. The molecule has 0 saturated heterocycles. The standard InChI is InChI=1S/C60H51N/c1-58(2,3)42-29-27-40(28-30-42)45-19-8-11-25-53(45)61(54-26-12-9-21-49(54)50-23-14-18-41-17-13-22-46(57(41)50)39-15-5-4-6-16-39)44-31-32-48-47-20-7-10-24-51(47)60(52(48)36-44)55-34-38-33-43-35-56(60)59(43,55)37-38/h4-32,36,38,43,55-56H,33-35,37H2,1-3H3. The summed E-state index contributed by atoms with van der Waals surface area (Å²) in [5, 5.41) is 2.54. The molecule has 0 N–H and O–H groups in total. The van der Waals surface area contributed by atoms with Crippen LogP contribution in [0.1, 0.15) is 63.1 Å². The molecule has 0 aliphatic heterocycles. The van der Waals surface area contributed by atoms with Gasteiger partial charge in [-0.3, -0.25) is 0 Å². The second kappa shape index (κ2) is 12.7. The Bertz CT molecular complexity index is 3050. The number of rotatable bonds is 6. The van der Waals surface area contributed by atoms with Gasteiger partial charge in [0.05, 0.1) is 11.4 Å². The molecule has 4 saturated carbocycles. The molecule has 2 spiro atoms. The van der Waals surface area contributed by atoms with Crippen LogP contribution in [0.25, 0.3) is 55.3 Å². The fraction of sp³-hybridized carbons (Fsp3) is 0.233. The van der Waals surface area contributed by atoms with Gasteiger partial charge in [-0.1, -0.05) is 178 Å². The maximum absolute atomic E-state index is 2.66. The number of anilines is 3. The Labute approximate surface area is 360 Å². The molecule has 296 valence electrons. The Morgan fingerprint density at radius 3 is 1.84 bits per heavy atom. The van der Waals surface area contributed by atoms with Crippen LogP contribution in [0.15, 0.2) is 182 Å². The third-order valence-corrected chi connectivity index (χ3v) is 16.5. The summed E-state index contributed by atoms with van der Waals surface area (Å²) < 4.78 is 0. The van der Waals surface area contributed by atoms with Crippen molar-refractivity contribution >= 4 is 27.8 Å². The van der Waals surface area contributed by atoms with Crippen molar-refractivity contribution in [2.24, 2.45) is 29.1 Å². The van der Waals surface area contributed by atoms with Gasteiger partial charge in [0.25, 0.3) is 0 Å². The summed E-state index contributed by atoms with van der Waals surface area (Å²) in [4.78, 5) is 2.61. The Balaban J connectivity index is 1.06. The van der Waals surface area contributed by atoms with E-state index in [-0.39, 0.29) is 10.8 Å². The van der Waals surface area contributed by atoms with E-state index in [0.717, 1.165) is 23.7 Å². The minimum absolute atomic E-state index is 0.0808. The average Bonchev–Trinajstić information content (AvgIpc) is 3.93. The molecular formula is C60H51N. The summed E-state index contributed by atoms with van der Waals surface area (Å²) in [6.07, 6.45) is 5.75. The summed E-state index contributed by atoms with van der Waals surface area (Å²) in [6, 6.07) is 69.3. The maximum Gasteiger partial charge on any atom is 0.0540 e. The lowest BCUT2D eigenvalue weighted by Crippen LogP contribution is -2.73. The normalized spacial score (nSPS) is 24.8. The lowest BCUT2D eigenvalue weighted by Gasteiger charge is -2.76. The first-order chi connectivity index (χ1) is 29.9. The molecule has 8 aromatic carbocycles. The molecule has 0 aromatic heterocycles. The number of para-hydroxylation sites is 2. The molecule has 0 radical (unpaired) electrons. The van der Waals surface area contributed by atoms with Gasteiger partial charge in [0.15, 0.2) is 0 Å². The number of nitrogens with zero attached hydrogens (tertiary/aromatic N) is 1. The molecule has 1 heteroatoms. The summed E-state index contributed by atoms with van der Waals surface area (Å²) >= 11 is 0. The topological polar surface area (TPSA) is 3.24 Å². The van der Waals surface area contributed by atoms with Crippen LogP contribution in [0.4, 0.5) is 17.1 Å². The molecule has 13 rings (SSSR count). The molecular weight excluding hydrogens is 735 g/mol. The van der Waals surface area contributed by atoms with Crippen LogP contribution in [-0.2, 0) is 10.8 Å². The van der Waals surface area contributed by atoms with Gasteiger partial charge < -0.3 is 4.90 Å². The summed E-state index contributed by atoms with van der Waals surface area (Å²) in [6.45, 7) is 6.90. The molecule has 6 unspecified atom stereocenters. The zero-order chi connectivity index (χ0) is 40.7. The van der Waals surface area contributed by atoms with Gasteiger partial charge in [-0.2, -0.15) is 0 Å². The zero-order valence-corrected chi connectivity index (χ0v) is 35.4. The second-order valence-electron chi connectivity index (χ2n) is 20.1. The van der Waals surface area contributed by atoms with Crippen molar-refractivity contribution in [3.05, 3.63) is 199 Å². The Hall–Kier alpha value is -6.18. The van der Waals surface area contributed by atoms with Crippen molar-refractivity contribution in [1.82, 2.24) is 0 Å². The highest BCUT2D eigenvalue weighted by atomic mass is 15.1. The van der Waals surface area contributed by atoms with E-state index < -0.39 is 0 Å². The fourth-order valence-corrected chi connectivity index (χ4v) is 14.2.